The summed E-state index contributed by atoms with van der Waals surface area (Å²) < 4.78 is 11.7. The van der Waals surface area contributed by atoms with Crippen molar-refractivity contribution in [1.82, 2.24) is 5.43 Å². The number of ether oxygens (including phenoxy) is 2. The molecule has 3 rings (SSSR count). The fourth-order valence-electron chi connectivity index (χ4n) is 2.53. The van der Waals surface area contributed by atoms with Gasteiger partial charge in [0.2, 0.25) is 0 Å². The van der Waals surface area contributed by atoms with Crippen molar-refractivity contribution in [2.45, 2.75) is 13.3 Å². The number of hydrazone groups is 1. The van der Waals surface area contributed by atoms with Crippen LogP contribution in [-0.2, 0) is 0 Å². The van der Waals surface area contributed by atoms with Gasteiger partial charge in [-0.25, -0.2) is 10.2 Å². The molecule has 1 amide bonds. The molecule has 0 aliphatic rings. The summed E-state index contributed by atoms with van der Waals surface area (Å²) >= 11 is 3.33. The van der Waals surface area contributed by atoms with Crippen LogP contribution in [0.3, 0.4) is 0 Å². The fraction of sp³-hybridized carbons (Fsp3) is 0.125. The lowest BCUT2D eigenvalue weighted by molar-refractivity contribution is 0.0734. The summed E-state index contributed by atoms with van der Waals surface area (Å²) in [6, 6.07) is 20.6. The second-order valence-electron chi connectivity index (χ2n) is 6.54. The van der Waals surface area contributed by atoms with E-state index in [9.17, 15) is 9.59 Å². The van der Waals surface area contributed by atoms with Gasteiger partial charge in [-0.15, -0.1) is 0 Å². The molecule has 3 aromatic carbocycles. The Kier molecular flexibility index (Phi) is 7.95. The number of carbonyl (C=O) groups is 2. The largest absolute Gasteiger partial charge is 0.494 e. The number of amides is 1. The highest BCUT2D eigenvalue weighted by molar-refractivity contribution is 9.10. The molecule has 0 aliphatic heterocycles. The Morgan fingerprint density at radius 1 is 0.903 bits per heavy atom. The molecule has 0 radical (unpaired) electrons. The SMILES string of the molecule is CCCOc1ccc(C(=O)NN=Cc2ccc(OC(=O)c3ccc(Br)cc3)cc2)cc1. The summed E-state index contributed by atoms with van der Waals surface area (Å²) in [7, 11) is 0. The monoisotopic (exact) mass is 480 g/mol. The molecule has 0 aromatic heterocycles. The Labute approximate surface area is 189 Å². The number of rotatable bonds is 8. The molecular weight excluding hydrogens is 460 g/mol. The molecule has 0 saturated carbocycles. The van der Waals surface area contributed by atoms with Crippen LogP contribution in [0.4, 0.5) is 0 Å². The Morgan fingerprint density at radius 3 is 2.16 bits per heavy atom. The van der Waals surface area contributed by atoms with Crippen LogP contribution in [-0.4, -0.2) is 24.7 Å². The third kappa shape index (κ3) is 6.79. The van der Waals surface area contributed by atoms with Crippen LogP contribution >= 0.6 is 15.9 Å². The minimum atomic E-state index is -0.438. The van der Waals surface area contributed by atoms with Gasteiger partial charge in [0, 0.05) is 10.0 Å². The first-order valence-electron chi connectivity index (χ1n) is 9.69. The van der Waals surface area contributed by atoms with Crippen LogP contribution in [0, 0.1) is 0 Å². The number of hydrogen-bond donors (Lipinski definition) is 1. The predicted molar refractivity (Wildman–Crippen MR) is 123 cm³/mol. The van der Waals surface area contributed by atoms with Gasteiger partial charge in [-0.1, -0.05) is 22.9 Å². The smallest absolute Gasteiger partial charge is 0.343 e. The zero-order chi connectivity index (χ0) is 22.1. The maximum Gasteiger partial charge on any atom is 0.343 e. The minimum Gasteiger partial charge on any atom is -0.494 e. The van der Waals surface area contributed by atoms with Crippen molar-refractivity contribution in [1.29, 1.82) is 0 Å². The summed E-state index contributed by atoms with van der Waals surface area (Å²) in [4.78, 5) is 24.3. The van der Waals surface area contributed by atoms with Crippen molar-refractivity contribution in [2.24, 2.45) is 5.10 Å². The molecule has 7 heteroatoms. The van der Waals surface area contributed by atoms with Gasteiger partial charge in [-0.2, -0.15) is 5.10 Å². The van der Waals surface area contributed by atoms with Gasteiger partial charge in [0.05, 0.1) is 18.4 Å². The van der Waals surface area contributed by atoms with E-state index in [0.29, 0.717) is 23.5 Å². The molecule has 0 unspecified atom stereocenters. The highest BCUT2D eigenvalue weighted by Crippen LogP contribution is 2.16. The van der Waals surface area contributed by atoms with E-state index >= 15 is 0 Å². The molecule has 6 nitrogen and oxygen atoms in total. The van der Waals surface area contributed by atoms with E-state index < -0.39 is 5.97 Å². The third-order valence-electron chi connectivity index (χ3n) is 4.14. The first-order chi connectivity index (χ1) is 15.0. The van der Waals surface area contributed by atoms with Gasteiger partial charge in [0.25, 0.3) is 5.91 Å². The normalized spacial score (nSPS) is 10.6. The highest BCUT2D eigenvalue weighted by Gasteiger charge is 2.08. The second-order valence-corrected chi connectivity index (χ2v) is 7.45. The average Bonchev–Trinajstić information content (AvgIpc) is 2.79. The summed E-state index contributed by atoms with van der Waals surface area (Å²) in [5, 5.41) is 3.97. The number of carbonyl (C=O) groups excluding carboxylic acids is 2. The molecule has 0 atom stereocenters. The number of hydrogen-bond acceptors (Lipinski definition) is 5. The van der Waals surface area contributed by atoms with Gasteiger partial charge >= 0.3 is 5.97 Å². The predicted octanol–water partition coefficient (Wildman–Crippen LogP) is 5.22. The van der Waals surface area contributed by atoms with Crippen molar-refractivity contribution >= 4 is 34.0 Å². The van der Waals surface area contributed by atoms with E-state index in [1.54, 1.807) is 72.8 Å². The molecular formula is C24H21BrN2O4. The van der Waals surface area contributed by atoms with E-state index in [4.69, 9.17) is 9.47 Å². The first-order valence-corrected chi connectivity index (χ1v) is 10.5. The number of benzene rings is 3. The van der Waals surface area contributed by atoms with Crippen LogP contribution < -0.4 is 14.9 Å². The molecule has 0 saturated heterocycles. The Morgan fingerprint density at radius 2 is 1.52 bits per heavy atom. The molecule has 0 aliphatic carbocycles. The maximum absolute atomic E-state index is 12.2. The van der Waals surface area contributed by atoms with E-state index in [1.807, 2.05) is 6.92 Å². The quantitative estimate of drug-likeness (QED) is 0.207. The molecule has 3 aromatic rings. The summed E-state index contributed by atoms with van der Waals surface area (Å²) in [6.45, 7) is 2.67. The van der Waals surface area contributed by atoms with Gasteiger partial charge in [0.15, 0.2) is 0 Å². The van der Waals surface area contributed by atoms with Gasteiger partial charge < -0.3 is 9.47 Å². The van der Waals surface area contributed by atoms with Gasteiger partial charge in [0.1, 0.15) is 11.5 Å². The van der Waals surface area contributed by atoms with Crippen molar-refractivity contribution in [3.63, 3.8) is 0 Å². The van der Waals surface area contributed by atoms with E-state index in [-0.39, 0.29) is 5.91 Å². The van der Waals surface area contributed by atoms with E-state index in [0.717, 1.165) is 22.2 Å². The molecule has 0 fully saturated rings. The minimum absolute atomic E-state index is 0.321. The molecule has 0 heterocycles. The average molecular weight is 481 g/mol. The standard InChI is InChI=1S/C24H21BrN2O4/c1-2-15-30-21-13-7-18(8-14-21)23(28)27-26-16-17-3-11-22(12-4-17)31-24(29)19-5-9-20(25)10-6-19/h3-14,16H,2,15H2,1H3,(H,27,28). The van der Waals surface area contributed by atoms with Crippen LogP contribution in [0.2, 0.25) is 0 Å². The van der Waals surface area contributed by atoms with Crippen molar-refractivity contribution in [3.8, 4) is 11.5 Å². The number of nitrogens with one attached hydrogen (secondary N) is 1. The third-order valence-corrected chi connectivity index (χ3v) is 4.67. The number of halogens is 1. The van der Waals surface area contributed by atoms with Crippen molar-refractivity contribution in [2.75, 3.05) is 6.61 Å². The number of esters is 1. The van der Waals surface area contributed by atoms with Crippen molar-refractivity contribution in [3.05, 3.63) is 94.0 Å². The Bertz CT molecular complexity index is 1050. The van der Waals surface area contributed by atoms with Crippen LogP contribution in [0.1, 0.15) is 39.6 Å². The lowest BCUT2D eigenvalue weighted by Crippen LogP contribution is -2.17. The maximum atomic E-state index is 12.2. The zero-order valence-corrected chi connectivity index (χ0v) is 18.5. The van der Waals surface area contributed by atoms with Crippen molar-refractivity contribution < 1.29 is 19.1 Å². The topological polar surface area (TPSA) is 77.0 Å². The summed E-state index contributed by atoms with van der Waals surface area (Å²) in [5.41, 5.74) is 4.17. The Hall–Kier alpha value is -3.45. The molecule has 0 spiro atoms. The molecule has 158 valence electrons. The summed E-state index contributed by atoms with van der Waals surface area (Å²) in [6.07, 6.45) is 2.43. The molecule has 31 heavy (non-hydrogen) atoms. The summed E-state index contributed by atoms with van der Waals surface area (Å²) in [5.74, 6) is 0.382. The number of nitrogens with zero attached hydrogens (tertiary/aromatic N) is 1. The van der Waals surface area contributed by atoms with Crippen LogP contribution in [0.5, 0.6) is 11.5 Å². The first kappa shape index (κ1) is 22.2. The van der Waals surface area contributed by atoms with E-state index in [1.165, 1.54) is 6.21 Å². The van der Waals surface area contributed by atoms with Crippen LogP contribution in [0.25, 0.3) is 0 Å². The lowest BCUT2D eigenvalue weighted by atomic mass is 10.2. The Balaban J connectivity index is 1.51. The highest BCUT2D eigenvalue weighted by atomic mass is 79.9. The zero-order valence-electron chi connectivity index (χ0n) is 16.9. The van der Waals surface area contributed by atoms with Crippen LogP contribution in [0.15, 0.2) is 82.4 Å². The fourth-order valence-corrected chi connectivity index (χ4v) is 2.79. The molecule has 1 N–H and O–H groups in total. The van der Waals surface area contributed by atoms with Gasteiger partial charge in [-0.3, -0.25) is 4.79 Å². The lowest BCUT2D eigenvalue weighted by Gasteiger charge is -2.05. The van der Waals surface area contributed by atoms with E-state index in [2.05, 4.69) is 26.5 Å². The second kappa shape index (κ2) is 11.1. The molecule has 0 bridgehead atoms. The van der Waals surface area contributed by atoms with Gasteiger partial charge in [-0.05, 0) is 84.8 Å².